The molecule has 2 aromatic rings. The molecule has 0 saturated heterocycles. The van der Waals surface area contributed by atoms with Gasteiger partial charge >= 0.3 is 0 Å². The van der Waals surface area contributed by atoms with E-state index in [1.54, 1.807) is 6.26 Å². The van der Waals surface area contributed by atoms with Crippen molar-refractivity contribution in [1.82, 2.24) is 4.98 Å². The monoisotopic (exact) mass is 187 g/mol. The zero-order valence-corrected chi connectivity index (χ0v) is 8.23. The van der Waals surface area contributed by atoms with E-state index in [1.807, 2.05) is 0 Å². The summed E-state index contributed by atoms with van der Waals surface area (Å²) in [5.74, 6) is 0. The van der Waals surface area contributed by atoms with Gasteiger partial charge < -0.3 is 4.42 Å². The Morgan fingerprint density at radius 1 is 1.21 bits per heavy atom. The summed E-state index contributed by atoms with van der Waals surface area (Å²) in [6.45, 7) is 2.19. The highest BCUT2D eigenvalue weighted by atomic mass is 16.3. The van der Waals surface area contributed by atoms with Gasteiger partial charge in [-0.15, -0.1) is 0 Å². The fourth-order valence-corrected chi connectivity index (χ4v) is 1.49. The molecule has 0 aliphatic carbocycles. The molecular weight excluding hydrogens is 174 g/mol. The first-order chi connectivity index (χ1) is 6.90. The molecule has 0 radical (unpaired) electrons. The molecule has 0 aliphatic rings. The van der Waals surface area contributed by atoms with E-state index in [9.17, 15) is 0 Å². The average molecular weight is 187 g/mol. The number of hydrogen-bond donors (Lipinski definition) is 0. The van der Waals surface area contributed by atoms with Crippen LogP contribution in [0.25, 0.3) is 11.3 Å². The van der Waals surface area contributed by atoms with Crippen LogP contribution in [0.1, 0.15) is 18.9 Å². The standard InChI is InChI=1S/C12H13NO/c1-2-3-10-4-6-11(7-5-10)12-8-14-9-13-12/h4-9H,2-3H2,1H3. The van der Waals surface area contributed by atoms with Gasteiger partial charge in [-0.25, -0.2) is 4.98 Å². The zero-order chi connectivity index (χ0) is 9.80. The van der Waals surface area contributed by atoms with Crippen molar-refractivity contribution in [2.24, 2.45) is 0 Å². The van der Waals surface area contributed by atoms with Crippen molar-refractivity contribution in [3.05, 3.63) is 42.5 Å². The summed E-state index contributed by atoms with van der Waals surface area (Å²) in [4.78, 5) is 4.10. The topological polar surface area (TPSA) is 26.0 Å². The van der Waals surface area contributed by atoms with E-state index in [0.29, 0.717) is 0 Å². The lowest BCUT2D eigenvalue weighted by Gasteiger charge is -1.99. The van der Waals surface area contributed by atoms with Crippen molar-refractivity contribution < 1.29 is 4.42 Å². The molecule has 2 nitrogen and oxygen atoms in total. The van der Waals surface area contributed by atoms with Gasteiger partial charge in [0.05, 0.1) is 0 Å². The molecule has 1 aromatic carbocycles. The fraction of sp³-hybridized carbons (Fsp3) is 0.250. The molecule has 0 unspecified atom stereocenters. The van der Waals surface area contributed by atoms with E-state index in [1.165, 1.54) is 18.4 Å². The van der Waals surface area contributed by atoms with Crippen LogP contribution in [0.3, 0.4) is 0 Å². The van der Waals surface area contributed by atoms with Gasteiger partial charge in [-0.1, -0.05) is 37.6 Å². The van der Waals surface area contributed by atoms with Gasteiger partial charge in [0.1, 0.15) is 12.0 Å². The molecule has 0 bridgehead atoms. The minimum absolute atomic E-state index is 0.896. The molecule has 1 heterocycles. The quantitative estimate of drug-likeness (QED) is 0.736. The van der Waals surface area contributed by atoms with Gasteiger partial charge in [-0.3, -0.25) is 0 Å². The van der Waals surface area contributed by atoms with Crippen molar-refractivity contribution in [3.8, 4) is 11.3 Å². The predicted molar refractivity (Wildman–Crippen MR) is 55.9 cm³/mol. The Kier molecular flexibility index (Phi) is 2.63. The minimum Gasteiger partial charge on any atom is -0.451 e. The summed E-state index contributed by atoms with van der Waals surface area (Å²) in [5.41, 5.74) is 3.38. The lowest BCUT2D eigenvalue weighted by Crippen LogP contribution is -1.83. The Balaban J connectivity index is 2.22. The highest BCUT2D eigenvalue weighted by Gasteiger charge is 1.99. The molecule has 0 spiro atoms. The van der Waals surface area contributed by atoms with Crippen LogP contribution in [-0.4, -0.2) is 4.98 Å². The van der Waals surface area contributed by atoms with Gasteiger partial charge in [-0.05, 0) is 12.0 Å². The third kappa shape index (κ3) is 1.84. The van der Waals surface area contributed by atoms with Crippen LogP contribution in [-0.2, 0) is 6.42 Å². The van der Waals surface area contributed by atoms with Crippen LogP contribution < -0.4 is 0 Å². The van der Waals surface area contributed by atoms with Crippen molar-refractivity contribution in [2.45, 2.75) is 19.8 Å². The Labute approximate surface area is 83.6 Å². The number of oxazole rings is 1. The Hall–Kier alpha value is -1.57. The van der Waals surface area contributed by atoms with Gasteiger partial charge in [-0.2, -0.15) is 0 Å². The van der Waals surface area contributed by atoms with Crippen LogP contribution in [0.5, 0.6) is 0 Å². The third-order valence-electron chi connectivity index (χ3n) is 2.22. The first-order valence-corrected chi connectivity index (χ1v) is 4.87. The number of benzene rings is 1. The van der Waals surface area contributed by atoms with Crippen LogP contribution in [0.2, 0.25) is 0 Å². The molecule has 14 heavy (non-hydrogen) atoms. The first-order valence-electron chi connectivity index (χ1n) is 4.87. The fourth-order valence-electron chi connectivity index (χ4n) is 1.49. The van der Waals surface area contributed by atoms with Crippen molar-refractivity contribution >= 4 is 0 Å². The number of aryl methyl sites for hydroxylation is 1. The van der Waals surface area contributed by atoms with Crippen LogP contribution >= 0.6 is 0 Å². The molecule has 0 saturated carbocycles. The summed E-state index contributed by atoms with van der Waals surface area (Å²) in [7, 11) is 0. The van der Waals surface area contributed by atoms with Gasteiger partial charge in [0.25, 0.3) is 0 Å². The van der Waals surface area contributed by atoms with Crippen molar-refractivity contribution in [2.75, 3.05) is 0 Å². The molecule has 0 aliphatic heterocycles. The SMILES string of the molecule is CCCc1ccc(-c2cocn2)cc1. The van der Waals surface area contributed by atoms with Crippen molar-refractivity contribution in [3.63, 3.8) is 0 Å². The molecule has 0 amide bonds. The maximum atomic E-state index is 4.94. The number of aromatic nitrogens is 1. The maximum absolute atomic E-state index is 4.94. The van der Waals surface area contributed by atoms with E-state index >= 15 is 0 Å². The second-order valence-corrected chi connectivity index (χ2v) is 3.32. The van der Waals surface area contributed by atoms with E-state index in [0.717, 1.165) is 17.7 Å². The second-order valence-electron chi connectivity index (χ2n) is 3.32. The third-order valence-corrected chi connectivity index (χ3v) is 2.22. The summed E-state index contributed by atoms with van der Waals surface area (Å²) >= 11 is 0. The van der Waals surface area contributed by atoms with E-state index in [4.69, 9.17) is 4.42 Å². The predicted octanol–water partition coefficient (Wildman–Crippen LogP) is 3.29. The lowest BCUT2D eigenvalue weighted by molar-refractivity contribution is 0.558. The molecule has 0 N–H and O–H groups in total. The lowest BCUT2D eigenvalue weighted by atomic mass is 10.1. The number of hydrogen-bond acceptors (Lipinski definition) is 2. The normalized spacial score (nSPS) is 10.4. The molecule has 72 valence electrons. The smallest absolute Gasteiger partial charge is 0.181 e. The van der Waals surface area contributed by atoms with E-state index in [-0.39, 0.29) is 0 Å². The van der Waals surface area contributed by atoms with Crippen LogP contribution in [0.15, 0.2) is 41.3 Å². The van der Waals surface area contributed by atoms with E-state index in [2.05, 4.69) is 36.2 Å². The number of rotatable bonds is 3. The Morgan fingerprint density at radius 3 is 2.57 bits per heavy atom. The molecular formula is C12H13NO. The minimum atomic E-state index is 0.896. The molecule has 0 atom stereocenters. The highest BCUT2D eigenvalue weighted by Crippen LogP contribution is 2.17. The van der Waals surface area contributed by atoms with Gasteiger partial charge in [0.15, 0.2) is 6.39 Å². The summed E-state index contributed by atoms with van der Waals surface area (Å²) < 4.78 is 4.94. The maximum Gasteiger partial charge on any atom is 0.181 e. The first kappa shape index (κ1) is 9.00. The summed E-state index contributed by atoms with van der Waals surface area (Å²) in [6, 6.07) is 8.46. The highest BCUT2D eigenvalue weighted by molar-refractivity contribution is 5.57. The van der Waals surface area contributed by atoms with Crippen molar-refractivity contribution in [1.29, 1.82) is 0 Å². The Morgan fingerprint density at radius 2 is 2.00 bits per heavy atom. The second kappa shape index (κ2) is 4.09. The molecule has 2 rings (SSSR count). The average Bonchev–Trinajstić information content (AvgIpc) is 2.72. The van der Waals surface area contributed by atoms with Gasteiger partial charge in [0.2, 0.25) is 0 Å². The molecule has 1 aromatic heterocycles. The largest absolute Gasteiger partial charge is 0.451 e. The summed E-state index contributed by atoms with van der Waals surface area (Å²) in [6.07, 6.45) is 5.44. The Bertz CT molecular complexity index is 375. The summed E-state index contributed by atoms with van der Waals surface area (Å²) in [5, 5.41) is 0. The van der Waals surface area contributed by atoms with Gasteiger partial charge in [0, 0.05) is 5.56 Å². The molecule has 0 fully saturated rings. The van der Waals surface area contributed by atoms with Crippen LogP contribution in [0.4, 0.5) is 0 Å². The number of nitrogens with zero attached hydrogens (tertiary/aromatic N) is 1. The molecule has 2 heteroatoms. The zero-order valence-electron chi connectivity index (χ0n) is 8.23. The van der Waals surface area contributed by atoms with Crippen LogP contribution in [0, 0.1) is 0 Å². The van der Waals surface area contributed by atoms with E-state index < -0.39 is 0 Å².